The van der Waals surface area contributed by atoms with Crippen LogP contribution in [0.4, 0.5) is 13.2 Å². The summed E-state index contributed by atoms with van der Waals surface area (Å²) in [6, 6.07) is 5.45. The van der Waals surface area contributed by atoms with Crippen molar-refractivity contribution in [1.82, 2.24) is 5.32 Å². The molecule has 0 aliphatic heterocycles. The predicted molar refractivity (Wildman–Crippen MR) is 78.5 cm³/mol. The van der Waals surface area contributed by atoms with E-state index in [9.17, 15) is 13.2 Å². The molecule has 3 nitrogen and oxygen atoms in total. The zero-order valence-corrected chi connectivity index (χ0v) is 13.4. The quantitative estimate of drug-likeness (QED) is 0.669. The van der Waals surface area contributed by atoms with Crippen molar-refractivity contribution in [1.29, 1.82) is 0 Å². The van der Waals surface area contributed by atoms with E-state index in [0.29, 0.717) is 25.4 Å². The van der Waals surface area contributed by atoms with Gasteiger partial charge in [0.25, 0.3) is 0 Å². The Bertz CT molecular complexity index is 427. The van der Waals surface area contributed by atoms with Crippen molar-refractivity contribution in [3.8, 4) is 5.75 Å². The van der Waals surface area contributed by atoms with Gasteiger partial charge in [0.15, 0.2) is 0 Å². The summed E-state index contributed by atoms with van der Waals surface area (Å²) < 4.78 is 47.5. The molecule has 7 heteroatoms. The van der Waals surface area contributed by atoms with Gasteiger partial charge >= 0.3 is 6.18 Å². The Morgan fingerprint density at radius 3 is 2.67 bits per heavy atom. The number of rotatable bonds is 9. The van der Waals surface area contributed by atoms with E-state index >= 15 is 0 Å². The summed E-state index contributed by atoms with van der Waals surface area (Å²) in [6.45, 7) is 1.90. The van der Waals surface area contributed by atoms with E-state index in [1.54, 1.807) is 19.2 Å². The maximum atomic E-state index is 12.1. The molecule has 0 aliphatic rings. The summed E-state index contributed by atoms with van der Waals surface area (Å²) in [4.78, 5) is 0. The van der Waals surface area contributed by atoms with E-state index in [4.69, 9.17) is 9.47 Å². The number of hydrogen-bond acceptors (Lipinski definition) is 3. The maximum Gasteiger partial charge on any atom is 0.389 e. The van der Waals surface area contributed by atoms with E-state index in [2.05, 4.69) is 21.2 Å². The number of nitrogens with one attached hydrogen (secondary N) is 1. The molecule has 21 heavy (non-hydrogen) atoms. The minimum atomic E-state index is -4.13. The molecule has 0 radical (unpaired) electrons. The van der Waals surface area contributed by atoms with Crippen LogP contribution in [0.2, 0.25) is 0 Å². The van der Waals surface area contributed by atoms with Gasteiger partial charge in [-0.1, -0.05) is 15.9 Å². The lowest BCUT2D eigenvalue weighted by atomic mass is 10.2. The van der Waals surface area contributed by atoms with Crippen LogP contribution < -0.4 is 10.1 Å². The van der Waals surface area contributed by atoms with Gasteiger partial charge in [-0.3, -0.25) is 0 Å². The van der Waals surface area contributed by atoms with E-state index in [1.165, 1.54) is 0 Å². The number of hydrogen-bond donors (Lipinski definition) is 1. The third-order valence-corrected chi connectivity index (χ3v) is 3.18. The van der Waals surface area contributed by atoms with Crippen LogP contribution in [-0.2, 0) is 11.3 Å². The van der Waals surface area contributed by atoms with Crippen molar-refractivity contribution < 1.29 is 22.6 Å². The molecule has 120 valence electrons. The Kier molecular flexibility index (Phi) is 8.06. The summed E-state index contributed by atoms with van der Waals surface area (Å²) in [5, 5.41) is 3.18. The largest absolute Gasteiger partial charge is 0.493 e. The van der Waals surface area contributed by atoms with Gasteiger partial charge in [0.05, 0.1) is 13.2 Å². The Hall–Kier alpha value is -0.790. The monoisotopic (exact) mass is 369 g/mol. The van der Waals surface area contributed by atoms with Crippen molar-refractivity contribution in [2.45, 2.75) is 25.6 Å². The van der Waals surface area contributed by atoms with Gasteiger partial charge < -0.3 is 14.8 Å². The standard InChI is InChI=1S/C14H19BrF3NO2/c1-20-8-6-19-10-11-9-12(15)3-4-13(11)21-7-2-5-14(16,17)18/h3-4,9,19H,2,5-8,10H2,1H3. The van der Waals surface area contributed by atoms with Gasteiger partial charge in [0.1, 0.15) is 5.75 Å². The number of ether oxygens (including phenoxy) is 2. The van der Waals surface area contributed by atoms with Crippen molar-refractivity contribution in [3.05, 3.63) is 28.2 Å². The Labute approximate surface area is 130 Å². The van der Waals surface area contributed by atoms with Crippen molar-refractivity contribution in [3.63, 3.8) is 0 Å². The first-order valence-corrected chi connectivity index (χ1v) is 7.39. The fourth-order valence-corrected chi connectivity index (χ4v) is 2.09. The number of benzene rings is 1. The highest BCUT2D eigenvalue weighted by Gasteiger charge is 2.26. The van der Waals surface area contributed by atoms with Crippen LogP contribution in [0.25, 0.3) is 0 Å². The second kappa shape index (κ2) is 9.27. The lowest BCUT2D eigenvalue weighted by Gasteiger charge is -2.13. The van der Waals surface area contributed by atoms with Crippen molar-refractivity contribution in [2.24, 2.45) is 0 Å². The number of alkyl halides is 3. The van der Waals surface area contributed by atoms with E-state index in [0.717, 1.165) is 10.0 Å². The fourth-order valence-electron chi connectivity index (χ4n) is 1.68. The van der Waals surface area contributed by atoms with Crippen LogP contribution in [0.15, 0.2) is 22.7 Å². The third kappa shape index (κ3) is 8.28. The molecule has 1 rings (SSSR count). The molecule has 0 aliphatic carbocycles. The highest BCUT2D eigenvalue weighted by molar-refractivity contribution is 9.10. The highest BCUT2D eigenvalue weighted by Crippen LogP contribution is 2.25. The molecule has 0 saturated carbocycles. The van der Waals surface area contributed by atoms with Gasteiger partial charge in [-0.05, 0) is 24.6 Å². The minimum absolute atomic E-state index is 0.0455. The van der Waals surface area contributed by atoms with Gasteiger partial charge in [-0.25, -0.2) is 0 Å². The van der Waals surface area contributed by atoms with E-state index in [1.807, 2.05) is 6.07 Å². The first-order chi connectivity index (χ1) is 9.92. The normalized spacial score (nSPS) is 11.7. The zero-order valence-electron chi connectivity index (χ0n) is 11.8. The Balaban J connectivity index is 2.48. The van der Waals surface area contributed by atoms with Gasteiger partial charge in [-0.2, -0.15) is 13.2 Å². The van der Waals surface area contributed by atoms with Crippen LogP contribution in [0.3, 0.4) is 0 Å². The summed E-state index contributed by atoms with van der Waals surface area (Å²) in [6.07, 6.45) is -5.01. The molecule has 0 spiro atoms. The van der Waals surface area contributed by atoms with Gasteiger partial charge in [0.2, 0.25) is 0 Å². The smallest absolute Gasteiger partial charge is 0.389 e. The lowest BCUT2D eigenvalue weighted by molar-refractivity contribution is -0.136. The van der Waals surface area contributed by atoms with Crippen LogP contribution in [0.5, 0.6) is 5.75 Å². The van der Waals surface area contributed by atoms with Crippen molar-refractivity contribution in [2.75, 3.05) is 26.9 Å². The summed E-state index contributed by atoms with van der Waals surface area (Å²) in [5.41, 5.74) is 0.896. The fraction of sp³-hybridized carbons (Fsp3) is 0.571. The van der Waals surface area contributed by atoms with Crippen LogP contribution in [0, 0.1) is 0 Å². The molecule has 1 aromatic carbocycles. The SMILES string of the molecule is COCCNCc1cc(Br)ccc1OCCCC(F)(F)F. The molecule has 0 saturated heterocycles. The molecule has 0 bridgehead atoms. The molecule has 0 atom stereocenters. The Morgan fingerprint density at radius 1 is 1.24 bits per heavy atom. The van der Waals surface area contributed by atoms with Gasteiger partial charge in [-0.15, -0.1) is 0 Å². The molecular weight excluding hydrogens is 351 g/mol. The number of methoxy groups -OCH3 is 1. The predicted octanol–water partition coefficient (Wildman–Crippen LogP) is 3.91. The Morgan fingerprint density at radius 2 is 2.00 bits per heavy atom. The molecule has 0 fully saturated rings. The van der Waals surface area contributed by atoms with Crippen molar-refractivity contribution >= 4 is 15.9 Å². The zero-order chi connectivity index (χ0) is 15.7. The molecule has 0 heterocycles. The summed E-state index contributed by atoms with van der Waals surface area (Å²) in [5.74, 6) is 0.602. The topological polar surface area (TPSA) is 30.5 Å². The molecule has 0 amide bonds. The van der Waals surface area contributed by atoms with E-state index < -0.39 is 12.6 Å². The molecular formula is C14H19BrF3NO2. The first-order valence-electron chi connectivity index (χ1n) is 6.60. The summed E-state index contributed by atoms with van der Waals surface area (Å²) in [7, 11) is 1.62. The molecule has 1 N–H and O–H groups in total. The van der Waals surface area contributed by atoms with Crippen LogP contribution in [-0.4, -0.2) is 33.0 Å². The second-order valence-corrected chi connectivity index (χ2v) is 5.40. The average Bonchev–Trinajstić information content (AvgIpc) is 2.40. The minimum Gasteiger partial charge on any atom is -0.493 e. The van der Waals surface area contributed by atoms with Gasteiger partial charge in [0, 0.05) is 36.7 Å². The van der Waals surface area contributed by atoms with Crippen LogP contribution >= 0.6 is 15.9 Å². The molecule has 1 aromatic rings. The molecule has 0 aromatic heterocycles. The second-order valence-electron chi connectivity index (χ2n) is 4.49. The lowest BCUT2D eigenvalue weighted by Crippen LogP contribution is -2.19. The molecule has 0 unspecified atom stereocenters. The average molecular weight is 370 g/mol. The summed E-state index contributed by atoms with van der Waals surface area (Å²) >= 11 is 3.37. The number of halogens is 4. The van der Waals surface area contributed by atoms with E-state index in [-0.39, 0.29) is 13.0 Å². The van der Waals surface area contributed by atoms with Crippen LogP contribution in [0.1, 0.15) is 18.4 Å². The first kappa shape index (κ1) is 18.3. The highest BCUT2D eigenvalue weighted by atomic mass is 79.9. The third-order valence-electron chi connectivity index (χ3n) is 2.68. The maximum absolute atomic E-state index is 12.1.